The van der Waals surface area contributed by atoms with Crippen LogP contribution >= 0.6 is 0 Å². The average Bonchev–Trinajstić information content (AvgIpc) is 2.59. The van der Waals surface area contributed by atoms with E-state index < -0.39 is 0 Å². The molecule has 1 aromatic heterocycles. The molecule has 24 heavy (non-hydrogen) atoms. The molecule has 0 amide bonds. The van der Waals surface area contributed by atoms with Gasteiger partial charge in [-0.25, -0.2) is 0 Å². The quantitative estimate of drug-likeness (QED) is 0.622. The number of aromatic nitrogens is 1. The smallest absolute Gasteiger partial charge is 0.278 e. The minimum absolute atomic E-state index is 0.123. The Bertz CT molecular complexity index is 724. The molecule has 0 atom stereocenters. The van der Waals surface area contributed by atoms with E-state index in [1.807, 2.05) is 6.07 Å². The summed E-state index contributed by atoms with van der Waals surface area (Å²) in [5, 5.41) is 11.8. The van der Waals surface area contributed by atoms with E-state index in [2.05, 4.69) is 28.6 Å². The van der Waals surface area contributed by atoms with E-state index in [1.54, 1.807) is 24.4 Å². The molecule has 0 spiro atoms. The van der Waals surface area contributed by atoms with Crippen LogP contribution in [0.5, 0.6) is 0 Å². The second kappa shape index (κ2) is 7.13. The van der Waals surface area contributed by atoms with Crippen LogP contribution in [0.1, 0.15) is 20.3 Å². The van der Waals surface area contributed by atoms with Crippen LogP contribution in [-0.4, -0.2) is 47.5 Å². The number of nitrogens with zero attached hydrogens (tertiary/aromatic N) is 4. The Morgan fingerprint density at radius 1 is 1.21 bits per heavy atom. The SMILES string of the molecule is CC(C)CCN1CCN(c2ccc([N+](=O)[O-])c3cccnc23)CC1. The van der Waals surface area contributed by atoms with Crippen molar-refractivity contribution in [2.45, 2.75) is 20.3 Å². The van der Waals surface area contributed by atoms with Crippen molar-refractivity contribution in [3.8, 4) is 0 Å². The lowest BCUT2D eigenvalue weighted by atomic mass is 10.1. The standard InChI is InChI=1S/C18H24N4O2/c1-14(2)7-9-20-10-12-21(13-11-20)17-6-5-16(22(23)24)15-4-3-8-19-18(15)17/h3-6,8,14H,7,9-13H2,1-2H3. The lowest BCUT2D eigenvalue weighted by Gasteiger charge is -2.36. The van der Waals surface area contributed by atoms with Crippen molar-refractivity contribution in [1.29, 1.82) is 0 Å². The number of non-ortho nitro benzene ring substituents is 1. The molecule has 1 fully saturated rings. The van der Waals surface area contributed by atoms with Gasteiger partial charge in [-0.05, 0) is 37.1 Å². The molecule has 6 heteroatoms. The van der Waals surface area contributed by atoms with Crippen molar-refractivity contribution in [3.63, 3.8) is 0 Å². The second-order valence-electron chi connectivity index (χ2n) is 6.77. The fourth-order valence-corrected chi connectivity index (χ4v) is 3.21. The minimum Gasteiger partial charge on any atom is -0.367 e. The number of hydrogen-bond donors (Lipinski definition) is 0. The van der Waals surface area contributed by atoms with E-state index in [0.29, 0.717) is 5.39 Å². The van der Waals surface area contributed by atoms with Crippen molar-refractivity contribution in [2.24, 2.45) is 5.92 Å². The Kier molecular flexibility index (Phi) is 4.94. The number of fused-ring (bicyclic) bond motifs is 1. The Labute approximate surface area is 142 Å². The third kappa shape index (κ3) is 3.48. The predicted molar refractivity (Wildman–Crippen MR) is 96.5 cm³/mol. The molecule has 128 valence electrons. The Morgan fingerprint density at radius 2 is 1.96 bits per heavy atom. The van der Waals surface area contributed by atoms with E-state index in [0.717, 1.165) is 49.8 Å². The summed E-state index contributed by atoms with van der Waals surface area (Å²) in [5.41, 5.74) is 1.85. The van der Waals surface area contributed by atoms with Crippen molar-refractivity contribution in [3.05, 3.63) is 40.6 Å². The van der Waals surface area contributed by atoms with Crippen LogP contribution in [0.15, 0.2) is 30.5 Å². The largest absolute Gasteiger partial charge is 0.367 e. The highest BCUT2D eigenvalue weighted by Gasteiger charge is 2.22. The van der Waals surface area contributed by atoms with E-state index in [9.17, 15) is 10.1 Å². The van der Waals surface area contributed by atoms with Crippen molar-refractivity contribution < 1.29 is 4.92 Å². The lowest BCUT2D eigenvalue weighted by molar-refractivity contribution is -0.383. The summed E-state index contributed by atoms with van der Waals surface area (Å²) >= 11 is 0. The fraction of sp³-hybridized carbons (Fsp3) is 0.500. The molecule has 0 N–H and O–H groups in total. The number of hydrogen-bond acceptors (Lipinski definition) is 5. The third-order valence-electron chi connectivity index (χ3n) is 4.66. The van der Waals surface area contributed by atoms with Gasteiger partial charge in [0.25, 0.3) is 5.69 Å². The number of anilines is 1. The second-order valence-corrected chi connectivity index (χ2v) is 6.77. The van der Waals surface area contributed by atoms with Gasteiger partial charge in [0.15, 0.2) is 0 Å². The lowest BCUT2D eigenvalue weighted by Crippen LogP contribution is -2.46. The van der Waals surface area contributed by atoms with Gasteiger partial charge in [0.2, 0.25) is 0 Å². The predicted octanol–water partition coefficient (Wildman–Crippen LogP) is 3.31. The molecule has 0 unspecified atom stereocenters. The first-order chi connectivity index (χ1) is 11.6. The van der Waals surface area contributed by atoms with Crippen LogP contribution < -0.4 is 4.90 Å². The summed E-state index contributed by atoms with van der Waals surface area (Å²) in [6, 6.07) is 6.98. The van der Waals surface area contributed by atoms with E-state index >= 15 is 0 Å². The first-order valence-corrected chi connectivity index (χ1v) is 8.55. The van der Waals surface area contributed by atoms with Gasteiger partial charge in [-0.1, -0.05) is 13.8 Å². The zero-order valence-corrected chi connectivity index (χ0v) is 14.3. The Balaban J connectivity index is 1.79. The summed E-state index contributed by atoms with van der Waals surface area (Å²) in [4.78, 5) is 20.1. The molecular formula is C18H24N4O2. The van der Waals surface area contributed by atoms with E-state index in [1.165, 1.54) is 6.42 Å². The van der Waals surface area contributed by atoms with Crippen molar-refractivity contribution >= 4 is 22.3 Å². The zero-order chi connectivity index (χ0) is 17.1. The number of rotatable bonds is 5. The highest BCUT2D eigenvalue weighted by molar-refractivity contribution is 5.97. The maximum Gasteiger partial charge on any atom is 0.278 e. The van der Waals surface area contributed by atoms with Gasteiger partial charge < -0.3 is 4.90 Å². The Morgan fingerprint density at radius 3 is 2.62 bits per heavy atom. The molecule has 1 saturated heterocycles. The summed E-state index contributed by atoms with van der Waals surface area (Å²) in [5.74, 6) is 0.728. The molecule has 6 nitrogen and oxygen atoms in total. The molecule has 0 saturated carbocycles. The van der Waals surface area contributed by atoms with Crippen molar-refractivity contribution in [2.75, 3.05) is 37.6 Å². The van der Waals surface area contributed by atoms with Crippen LogP contribution in [0.2, 0.25) is 0 Å². The van der Waals surface area contributed by atoms with Gasteiger partial charge in [0.05, 0.1) is 16.0 Å². The van der Waals surface area contributed by atoms with Crippen LogP contribution in [0.25, 0.3) is 10.9 Å². The van der Waals surface area contributed by atoms with Crippen LogP contribution in [0.4, 0.5) is 11.4 Å². The van der Waals surface area contributed by atoms with Crippen LogP contribution in [-0.2, 0) is 0 Å². The number of nitro benzene ring substituents is 1. The number of pyridine rings is 1. The molecule has 3 rings (SSSR count). The van der Waals surface area contributed by atoms with Gasteiger partial charge in [0.1, 0.15) is 5.52 Å². The Hall–Kier alpha value is -2.21. The highest BCUT2D eigenvalue weighted by Crippen LogP contribution is 2.32. The topological polar surface area (TPSA) is 62.5 Å². The average molecular weight is 328 g/mol. The zero-order valence-electron chi connectivity index (χ0n) is 14.3. The van der Waals surface area contributed by atoms with Gasteiger partial charge in [-0.2, -0.15) is 0 Å². The molecular weight excluding hydrogens is 304 g/mol. The minimum atomic E-state index is -0.336. The van der Waals surface area contributed by atoms with E-state index in [4.69, 9.17) is 0 Å². The summed E-state index contributed by atoms with van der Waals surface area (Å²) in [6.45, 7) is 9.57. The molecule has 1 aliphatic rings. The summed E-state index contributed by atoms with van der Waals surface area (Å²) < 4.78 is 0. The van der Waals surface area contributed by atoms with Gasteiger partial charge in [-0.3, -0.25) is 20.0 Å². The molecule has 2 heterocycles. The maximum absolute atomic E-state index is 11.2. The summed E-state index contributed by atoms with van der Waals surface area (Å²) in [6.07, 6.45) is 2.93. The molecule has 1 aromatic carbocycles. The molecule has 0 radical (unpaired) electrons. The molecule has 1 aliphatic heterocycles. The molecule has 0 aliphatic carbocycles. The van der Waals surface area contributed by atoms with Gasteiger partial charge in [-0.15, -0.1) is 0 Å². The fourth-order valence-electron chi connectivity index (χ4n) is 3.21. The monoisotopic (exact) mass is 328 g/mol. The van der Waals surface area contributed by atoms with Crippen molar-refractivity contribution in [1.82, 2.24) is 9.88 Å². The first-order valence-electron chi connectivity index (χ1n) is 8.55. The van der Waals surface area contributed by atoms with Gasteiger partial charge in [0, 0.05) is 38.4 Å². The van der Waals surface area contributed by atoms with E-state index in [-0.39, 0.29) is 10.6 Å². The number of piperazine rings is 1. The number of benzene rings is 1. The third-order valence-corrected chi connectivity index (χ3v) is 4.66. The maximum atomic E-state index is 11.2. The highest BCUT2D eigenvalue weighted by atomic mass is 16.6. The molecule has 0 bridgehead atoms. The normalized spacial score (nSPS) is 16.0. The van der Waals surface area contributed by atoms with Crippen LogP contribution in [0, 0.1) is 16.0 Å². The van der Waals surface area contributed by atoms with Crippen LogP contribution in [0.3, 0.4) is 0 Å². The number of nitro groups is 1. The first kappa shape index (κ1) is 16.6. The van der Waals surface area contributed by atoms with Gasteiger partial charge >= 0.3 is 0 Å². The summed E-state index contributed by atoms with van der Waals surface area (Å²) in [7, 11) is 0. The molecule has 2 aromatic rings.